The van der Waals surface area contributed by atoms with E-state index in [4.69, 9.17) is 5.73 Å². The summed E-state index contributed by atoms with van der Waals surface area (Å²) in [5.74, 6) is 0. The lowest BCUT2D eigenvalue weighted by atomic mass is 10.3. The number of anilines is 2. The molecule has 0 bridgehead atoms. The number of imide groups is 1. The Labute approximate surface area is 69.6 Å². The van der Waals surface area contributed by atoms with Gasteiger partial charge in [0.25, 0.3) is 0 Å². The second-order valence-electron chi connectivity index (χ2n) is 2.14. The number of carbonyl (C=O) groups is 2. The molecule has 0 fully saturated rings. The first-order chi connectivity index (χ1) is 5.77. The highest BCUT2D eigenvalue weighted by Crippen LogP contribution is 2.13. The van der Waals surface area contributed by atoms with Crippen LogP contribution in [0.25, 0.3) is 0 Å². The maximum atomic E-state index is 10.3. The Morgan fingerprint density at radius 3 is 2.50 bits per heavy atom. The Balaban J connectivity index is 3.00. The van der Waals surface area contributed by atoms with Gasteiger partial charge in [0.2, 0.25) is 12.8 Å². The Kier molecular flexibility index (Phi) is 2.42. The molecule has 0 aromatic heterocycles. The molecule has 0 saturated carbocycles. The Morgan fingerprint density at radius 1 is 1.33 bits per heavy atom. The number of carbonyl (C=O) groups excluding carboxylic acids is 2. The van der Waals surface area contributed by atoms with Gasteiger partial charge in [-0.25, -0.2) is 0 Å². The number of hydrogen-bond acceptors (Lipinski definition) is 3. The van der Waals surface area contributed by atoms with E-state index in [0.29, 0.717) is 24.2 Å². The molecular formula is C8H7N2O2. The summed E-state index contributed by atoms with van der Waals surface area (Å²) >= 11 is 0. The quantitative estimate of drug-likeness (QED) is 0.511. The summed E-state index contributed by atoms with van der Waals surface area (Å²) in [7, 11) is 0. The van der Waals surface area contributed by atoms with E-state index in [1.807, 2.05) is 0 Å². The molecule has 4 heteroatoms. The molecule has 1 rings (SSSR count). The summed E-state index contributed by atoms with van der Waals surface area (Å²) in [5.41, 5.74) is 6.29. The number of nitrogens with two attached hydrogens (primary N) is 1. The van der Waals surface area contributed by atoms with Gasteiger partial charge in [0.1, 0.15) is 0 Å². The fourth-order valence-corrected chi connectivity index (χ4v) is 0.773. The number of nitrogens with zero attached hydrogens (tertiary/aromatic N) is 1. The van der Waals surface area contributed by atoms with E-state index in [-0.39, 0.29) is 0 Å². The van der Waals surface area contributed by atoms with Crippen LogP contribution in [0.5, 0.6) is 0 Å². The number of amides is 2. The summed E-state index contributed by atoms with van der Waals surface area (Å²) in [4.78, 5) is 21.5. The van der Waals surface area contributed by atoms with Crippen LogP contribution in [0.15, 0.2) is 18.2 Å². The summed E-state index contributed by atoms with van der Waals surface area (Å²) in [5, 5.41) is 0. The highest BCUT2D eigenvalue weighted by Gasteiger charge is 2.01. The molecule has 0 aliphatic heterocycles. The molecule has 0 spiro atoms. The predicted molar refractivity (Wildman–Crippen MR) is 44.3 cm³/mol. The van der Waals surface area contributed by atoms with Crippen molar-refractivity contribution in [3.8, 4) is 0 Å². The zero-order chi connectivity index (χ0) is 8.97. The van der Waals surface area contributed by atoms with Crippen molar-refractivity contribution in [2.75, 3.05) is 10.6 Å². The highest BCUT2D eigenvalue weighted by molar-refractivity contribution is 5.95. The lowest BCUT2D eigenvalue weighted by Gasteiger charge is -2.08. The number of rotatable bonds is 3. The van der Waals surface area contributed by atoms with E-state index in [9.17, 15) is 9.59 Å². The molecule has 0 heterocycles. The Bertz CT molecular complexity index is 291. The molecule has 2 N–H and O–H groups in total. The topological polar surface area (TPSA) is 63.4 Å². The standard InChI is InChI=1S/C8H7N2O2/c9-7-2-1-3-8(4-7)10(5-11)6-12/h2-6H,9H2. The summed E-state index contributed by atoms with van der Waals surface area (Å²) in [6.45, 7) is 0. The van der Waals surface area contributed by atoms with Gasteiger partial charge in [-0.3, -0.25) is 14.5 Å². The third-order valence-corrected chi connectivity index (χ3v) is 1.32. The van der Waals surface area contributed by atoms with Gasteiger partial charge >= 0.3 is 0 Å². The predicted octanol–water partition coefficient (Wildman–Crippen LogP) is 0.188. The second kappa shape index (κ2) is 3.52. The monoisotopic (exact) mass is 163 g/mol. The van der Waals surface area contributed by atoms with E-state index in [0.717, 1.165) is 4.90 Å². The third-order valence-electron chi connectivity index (χ3n) is 1.32. The van der Waals surface area contributed by atoms with Crippen LogP contribution in [-0.4, -0.2) is 12.8 Å². The minimum absolute atomic E-state index is 0.412. The average molecular weight is 163 g/mol. The van der Waals surface area contributed by atoms with E-state index in [1.165, 1.54) is 12.1 Å². The average Bonchev–Trinajstić information content (AvgIpc) is 2.07. The molecule has 0 atom stereocenters. The smallest absolute Gasteiger partial charge is 0.220 e. The molecule has 0 aliphatic carbocycles. The minimum atomic E-state index is 0.412. The zero-order valence-electron chi connectivity index (χ0n) is 6.23. The molecule has 2 amide bonds. The van der Waals surface area contributed by atoms with Crippen molar-refractivity contribution in [1.29, 1.82) is 0 Å². The summed E-state index contributed by atoms with van der Waals surface area (Å²) in [6.07, 6.45) is 0.825. The van der Waals surface area contributed by atoms with Crippen LogP contribution in [-0.2, 0) is 9.59 Å². The van der Waals surface area contributed by atoms with Crippen LogP contribution in [0.1, 0.15) is 0 Å². The fourth-order valence-electron chi connectivity index (χ4n) is 0.773. The normalized spacial score (nSPS) is 9.00. The number of benzene rings is 1. The molecule has 1 aromatic rings. The van der Waals surface area contributed by atoms with Crippen LogP contribution in [0.3, 0.4) is 0 Å². The number of nitrogen functional groups attached to an aromatic ring is 1. The second-order valence-corrected chi connectivity index (χ2v) is 2.14. The molecule has 0 unspecified atom stereocenters. The molecule has 1 radical (unpaired) electrons. The van der Waals surface area contributed by atoms with Crippen molar-refractivity contribution < 1.29 is 9.59 Å². The summed E-state index contributed by atoms with van der Waals surface area (Å²) < 4.78 is 0. The molecule has 61 valence electrons. The number of hydrogen-bond donors (Lipinski definition) is 1. The fraction of sp³-hybridized carbons (Fsp3) is 0. The Hall–Kier alpha value is -1.84. The van der Waals surface area contributed by atoms with Crippen molar-refractivity contribution in [3.05, 3.63) is 24.3 Å². The van der Waals surface area contributed by atoms with E-state index in [2.05, 4.69) is 6.07 Å². The maximum absolute atomic E-state index is 10.3. The Morgan fingerprint density at radius 2 is 2.00 bits per heavy atom. The molecule has 4 nitrogen and oxygen atoms in total. The molecule has 0 aliphatic rings. The highest BCUT2D eigenvalue weighted by atomic mass is 16.2. The van der Waals surface area contributed by atoms with Gasteiger partial charge in [0, 0.05) is 5.69 Å². The van der Waals surface area contributed by atoms with Crippen LogP contribution in [0, 0.1) is 6.07 Å². The molecule has 12 heavy (non-hydrogen) atoms. The van der Waals surface area contributed by atoms with Crippen LogP contribution >= 0.6 is 0 Å². The van der Waals surface area contributed by atoms with Gasteiger partial charge in [-0.1, -0.05) is 0 Å². The van der Waals surface area contributed by atoms with E-state index in [1.54, 1.807) is 6.07 Å². The first-order valence-corrected chi connectivity index (χ1v) is 3.23. The third kappa shape index (κ3) is 1.60. The van der Waals surface area contributed by atoms with Crippen LogP contribution in [0.4, 0.5) is 11.4 Å². The summed E-state index contributed by atoms with van der Waals surface area (Å²) in [6, 6.07) is 7.26. The van der Waals surface area contributed by atoms with Gasteiger partial charge in [-0.2, -0.15) is 0 Å². The van der Waals surface area contributed by atoms with Crippen LogP contribution in [0.2, 0.25) is 0 Å². The van der Waals surface area contributed by atoms with Gasteiger partial charge in [-0.05, 0) is 24.3 Å². The van der Waals surface area contributed by atoms with Crippen molar-refractivity contribution in [3.63, 3.8) is 0 Å². The van der Waals surface area contributed by atoms with Gasteiger partial charge in [0.15, 0.2) is 0 Å². The van der Waals surface area contributed by atoms with Crippen molar-refractivity contribution in [1.82, 2.24) is 0 Å². The maximum Gasteiger partial charge on any atom is 0.220 e. The van der Waals surface area contributed by atoms with Crippen molar-refractivity contribution in [2.45, 2.75) is 0 Å². The van der Waals surface area contributed by atoms with Gasteiger partial charge in [-0.15, -0.1) is 0 Å². The van der Waals surface area contributed by atoms with E-state index >= 15 is 0 Å². The molecule has 1 aromatic carbocycles. The van der Waals surface area contributed by atoms with Gasteiger partial charge in [0.05, 0.1) is 5.69 Å². The van der Waals surface area contributed by atoms with Gasteiger partial charge < -0.3 is 5.73 Å². The van der Waals surface area contributed by atoms with Crippen molar-refractivity contribution in [2.24, 2.45) is 0 Å². The SMILES string of the molecule is Nc1c[c]cc(N(C=O)C=O)c1. The lowest BCUT2D eigenvalue weighted by molar-refractivity contribution is -0.113. The first-order valence-electron chi connectivity index (χ1n) is 3.23. The molecular weight excluding hydrogens is 156 g/mol. The zero-order valence-corrected chi connectivity index (χ0v) is 6.23. The minimum Gasteiger partial charge on any atom is -0.399 e. The lowest BCUT2D eigenvalue weighted by Crippen LogP contribution is -2.18. The van der Waals surface area contributed by atoms with Crippen LogP contribution < -0.4 is 10.6 Å². The van der Waals surface area contributed by atoms with E-state index < -0.39 is 0 Å². The van der Waals surface area contributed by atoms with Crippen molar-refractivity contribution >= 4 is 24.2 Å². The first kappa shape index (κ1) is 8.26. The molecule has 0 saturated heterocycles. The largest absolute Gasteiger partial charge is 0.399 e.